The maximum absolute atomic E-state index is 12.4. The molecule has 1 rings (SSSR count). The highest BCUT2D eigenvalue weighted by atomic mass is 16.2. The summed E-state index contributed by atoms with van der Waals surface area (Å²) in [4.78, 5) is 25.2. The van der Waals surface area contributed by atoms with Gasteiger partial charge >= 0.3 is 0 Å². The van der Waals surface area contributed by atoms with Gasteiger partial charge in [-0.1, -0.05) is 26.0 Å². The van der Waals surface area contributed by atoms with Gasteiger partial charge in [0.2, 0.25) is 0 Å². The van der Waals surface area contributed by atoms with Crippen molar-refractivity contribution in [1.82, 2.24) is 5.32 Å². The molecule has 2 amide bonds. The second-order valence-electron chi connectivity index (χ2n) is 7.81. The predicted molar refractivity (Wildman–Crippen MR) is 98.3 cm³/mol. The SMILES string of the molecule is CC(C)c1ccc(NC(=O)[C@@H](C)[NH+](C)CC(=O)NC(C)(C)C)cc1. The monoisotopic (exact) mass is 334 g/mol. The van der Waals surface area contributed by atoms with Gasteiger partial charge in [0.05, 0.1) is 7.05 Å². The fourth-order valence-corrected chi connectivity index (χ4v) is 2.29. The Morgan fingerprint density at radius 1 is 1.08 bits per heavy atom. The van der Waals surface area contributed by atoms with Crippen LogP contribution in [0, 0.1) is 0 Å². The summed E-state index contributed by atoms with van der Waals surface area (Å²) >= 11 is 0. The van der Waals surface area contributed by atoms with Gasteiger partial charge in [0.1, 0.15) is 0 Å². The van der Waals surface area contributed by atoms with Crippen LogP contribution in [0.25, 0.3) is 0 Å². The molecule has 1 aromatic carbocycles. The molecule has 0 fully saturated rings. The molecule has 0 heterocycles. The van der Waals surface area contributed by atoms with Crippen molar-refractivity contribution in [2.24, 2.45) is 0 Å². The fourth-order valence-electron chi connectivity index (χ4n) is 2.29. The highest BCUT2D eigenvalue weighted by Gasteiger charge is 2.25. The molecule has 0 aliphatic rings. The molecule has 3 N–H and O–H groups in total. The number of benzene rings is 1. The van der Waals surface area contributed by atoms with E-state index in [0.29, 0.717) is 5.92 Å². The second kappa shape index (κ2) is 8.29. The highest BCUT2D eigenvalue weighted by molar-refractivity contribution is 5.93. The first kappa shape index (κ1) is 20.2. The number of likely N-dealkylation sites (N-methyl/N-ethyl adjacent to an activating group) is 1. The standard InChI is InChI=1S/C19H31N3O2/c1-13(2)15-8-10-16(11-9-15)20-18(24)14(3)22(7)12-17(23)21-19(4,5)6/h8-11,13-14H,12H2,1-7H3,(H,20,24)(H,21,23)/p+1/t14-/m1/s1. The van der Waals surface area contributed by atoms with Crippen LogP contribution in [0.2, 0.25) is 0 Å². The molecule has 5 nitrogen and oxygen atoms in total. The van der Waals surface area contributed by atoms with Crippen molar-refractivity contribution in [2.75, 3.05) is 18.9 Å². The first-order chi connectivity index (χ1) is 11.0. The molecule has 0 saturated carbocycles. The first-order valence-corrected chi connectivity index (χ1v) is 8.53. The van der Waals surface area contributed by atoms with Crippen LogP contribution in [0.3, 0.4) is 0 Å². The lowest BCUT2D eigenvalue weighted by Gasteiger charge is -2.24. The number of hydrogen-bond acceptors (Lipinski definition) is 2. The van der Waals surface area contributed by atoms with E-state index in [2.05, 4.69) is 24.5 Å². The molecular formula is C19H32N3O2+. The normalized spacial score (nSPS) is 14.2. The third kappa shape index (κ3) is 6.71. The van der Waals surface area contributed by atoms with E-state index in [-0.39, 0.29) is 29.9 Å². The molecule has 1 aromatic rings. The van der Waals surface area contributed by atoms with E-state index < -0.39 is 0 Å². The van der Waals surface area contributed by atoms with Crippen LogP contribution in [-0.4, -0.2) is 37.0 Å². The average Bonchev–Trinajstić information content (AvgIpc) is 2.44. The Balaban J connectivity index is 2.58. The quantitative estimate of drug-likeness (QED) is 0.739. The molecule has 5 heteroatoms. The van der Waals surface area contributed by atoms with Crippen LogP contribution in [0.1, 0.15) is 53.0 Å². The van der Waals surface area contributed by atoms with Crippen molar-refractivity contribution < 1.29 is 14.5 Å². The van der Waals surface area contributed by atoms with Crippen LogP contribution < -0.4 is 15.5 Å². The van der Waals surface area contributed by atoms with Crippen molar-refractivity contribution in [2.45, 2.75) is 59.0 Å². The van der Waals surface area contributed by atoms with E-state index in [1.54, 1.807) is 0 Å². The van der Waals surface area contributed by atoms with E-state index in [1.807, 2.05) is 59.0 Å². The first-order valence-electron chi connectivity index (χ1n) is 8.53. The molecule has 0 radical (unpaired) electrons. The van der Waals surface area contributed by atoms with Crippen LogP contribution in [0.4, 0.5) is 5.69 Å². The van der Waals surface area contributed by atoms with Gasteiger partial charge in [-0.3, -0.25) is 9.59 Å². The molecule has 134 valence electrons. The van der Waals surface area contributed by atoms with Gasteiger partial charge in [0.25, 0.3) is 11.8 Å². The zero-order chi connectivity index (χ0) is 18.5. The molecule has 0 aromatic heterocycles. The Bertz CT molecular complexity index is 559. The van der Waals surface area contributed by atoms with Crippen molar-refractivity contribution in [1.29, 1.82) is 0 Å². The van der Waals surface area contributed by atoms with Crippen molar-refractivity contribution in [3.8, 4) is 0 Å². The topological polar surface area (TPSA) is 62.6 Å². The molecule has 0 spiro atoms. The molecule has 0 saturated heterocycles. The van der Waals surface area contributed by atoms with E-state index in [0.717, 1.165) is 10.6 Å². The Kier molecular flexibility index (Phi) is 6.96. The molecular weight excluding hydrogens is 302 g/mol. The third-order valence-electron chi connectivity index (χ3n) is 3.93. The maximum atomic E-state index is 12.4. The molecule has 0 bridgehead atoms. The summed E-state index contributed by atoms with van der Waals surface area (Å²) in [5.74, 6) is 0.319. The van der Waals surface area contributed by atoms with Crippen molar-refractivity contribution >= 4 is 17.5 Å². The van der Waals surface area contributed by atoms with E-state index >= 15 is 0 Å². The van der Waals surface area contributed by atoms with Gasteiger partial charge in [-0.15, -0.1) is 0 Å². The van der Waals surface area contributed by atoms with Gasteiger partial charge < -0.3 is 15.5 Å². The summed E-state index contributed by atoms with van der Waals surface area (Å²) in [5.41, 5.74) is 1.76. The lowest BCUT2D eigenvalue weighted by molar-refractivity contribution is -0.885. The van der Waals surface area contributed by atoms with Crippen LogP contribution in [-0.2, 0) is 9.59 Å². The number of anilines is 1. The minimum Gasteiger partial charge on any atom is -0.347 e. The summed E-state index contributed by atoms with van der Waals surface area (Å²) in [6, 6.07) is 7.57. The number of nitrogens with one attached hydrogen (secondary N) is 3. The molecule has 1 unspecified atom stereocenters. The summed E-state index contributed by atoms with van der Waals surface area (Å²) in [5, 5.41) is 5.84. The average molecular weight is 334 g/mol. The molecule has 24 heavy (non-hydrogen) atoms. The predicted octanol–water partition coefficient (Wildman–Crippen LogP) is 1.57. The number of quaternary nitrogens is 1. The second-order valence-corrected chi connectivity index (χ2v) is 7.81. The van der Waals surface area contributed by atoms with Crippen molar-refractivity contribution in [3.63, 3.8) is 0 Å². The molecule has 2 atom stereocenters. The molecule has 0 aliphatic carbocycles. The zero-order valence-corrected chi connectivity index (χ0v) is 16.0. The van der Waals surface area contributed by atoms with E-state index in [9.17, 15) is 9.59 Å². The summed E-state index contributed by atoms with van der Waals surface area (Å²) in [7, 11) is 1.86. The van der Waals surface area contributed by atoms with Gasteiger partial charge in [0, 0.05) is 11.2 Å². The fraction of sp³-hybridized carbons (Fsp3) is 0.579. The number of amides is 2. The maximum Gasteiger partial charge on any atom is 0.282 e. The Morgan fingerprint density at radius 2 is 1.62 bits per heavy atom. The third-order valence-corrected chi connectivity index (χ3v) is 3.93. The lowest BCUT2D eigenvalue weighted by atomic mass is 10.0. The van der Waals surface area contributed by atoms with Crippen LogP contribution in [0.15, 0.2) is 24.3 Å². The highest BCUT2D eigenvalue weighted by Crippen LogP contribution is 2.17. The van der Waals surface area contributed by atoms with Gasteiger partial charge in [-0.05, 0) is 51.3 Å². The van der Waals surface area contributed by atoms with Crippen LogP contribution in [0.5, 0.6) is 0 Å². The number of rotatable bonds is 6. The van der Waals surface area contributed by atoms with E-state index in [1.165, 1.54) is 5.56 Å². The summed E-state index contributed by atoms with van der Waals surface area (Å²) < 4.78 is 0. The number of carbonyl (C=O) groups excluding carboxylic acids is 2. The van der Waals surface area contributed by atoms with Gasteiger partial charge in [0.15, 0.2) is 12.6 Å². The minimum atomic E-state index is -0.319. The van der Waals surface area contributed by atoms with E-state index in [4.69, 9.17) is 0 Å². The summed E-state index contributed by atoms with van der Waals surface area (Å²) in [6.07, 6.45) is 0. The Labute approximate surface area is 145 Å². The number of hydrogen-bond donors (Lipinski definition) is 3. The molecule has 0 aliphatic heterocycles. The lowest BCUT2D eigenvalue weighted by Crippen LogP contribution is -3.15. The van der Waals surface area contributed by atoms with Crippen molar-refractivity contribution in [3.05, 3.63) is 29.8 Å². The largest absolute Gasteiger partial charge is 0.347 e. The zero-order valence-electron chi connectivity index (χ0n) is 16.0. The van der Waals surface area contributed by atoms with Gasteiger partial charge in [-0.2, -0.15) is 0 Å². The summed E-state index contributed by atoms with van der Waals surface area (Å²) in [6.45, 7) is 12.2. The Morgan fingerprint density at radius 3 is 2.08 bits per heavy atom. The Hall–Kier alpha value is -1.88. The smallest absolute Gasteiger partial charge is 0.282 e. The van der Waals surface area contributed by atoms with Gasteiger partial charge in [-0.25, -0.2) is 0 Å². The minimum absolute atomic E-state index is 0.0547. The van der Waals surface area contributed by atoms with Crippen LogP contribution >= 0.6 is 0 Å². The number of carbonyl (C=O) groups is 2.